The Morgan fingerprint density at radius 1 is 1.22 bits per heavy atom. The van der Waals surface area contributed by atoms with E-state index in [2.05, 4.69) is 4.90 Å². The summed E-state index contributed by atoms with van der Waals surface area (Å²) in [7, 11) is 0. The molecule has 0 aliphatic carbocycles. The first-order valence-corrected chi connectivity index (χ1v) is 6.45. The topological polar surface area (TPSA) is 29.3 Å². The number of benzene rings is 1. The largest absolute Gasteiger partial charge is 0.330 e. The molecule has 0 radical (unpaired) electrons. The number of piperidine rings is 1. The molecule has 1 heterocycles. The molecule has 1 aromatic rings. The van der Waals surface area contributed by atoms with Crippen LogP contribution in [0.25, 0.3) is 0 Å². The highest BCUT2D eigenvalue weighted by molar-refractivity contribution is 5.85. The van der Waals surface area contributed by atoms with Gasteiger partial charge in [-0.3, -0.25) is 4.90 Å². The molecule has 1 fully saturated rings. The summed E-state index contributed by atoms with van der Waals surface area (Å²) in [6, 6.07) is 7.06. The summed E-state index contributed by atoms with van der Waals surface area (Å²) in [6.45, 7) is 3.66. The first-order chi connectivity index (χ1) is 8.29. The lowest BCUT2D eigenvalue weighted by atomic mass is 9.93. The van der Waals surface area contributed by atoms with E-state index in [0.29, 0.717) is 0 Å². The van der Waals surface area contributed by atoms with Crippen molar-refractivity contribution in [1.82, 2.24) is 4.90 Å². The van der Waals surface area contributed by atoms with Crippen LogP contribution in [0.15, 0.2) is 24.3 Å². The molecule has 1 aromatic carbocycles. The summed E-state index contributed by atoms with van der Waals surface area (Å²) in [5, 5.41) is 0. The molecule has 0 unspecified atom stereocenters. The third-order valence-corrected chi connectivity index (χ3v) is 3.63. The van der Waals surface area contributed by atoms with E-state index in [1.54, 1.807) is 6.07 Å². The average molecular weight is 273 g/mol. The molecule has 102 valence electrons. The zero-order valence-electron chi connectivity index (χ0n) is 10.6. The van der Waals surface area contributed by atoms with E-state index in [1.165, 1.54) is 18.9 Å². The Morgan fingerprint density at radius 2 is 1.89 bits per heavy atom. The minimum absolute atomic E-state index is 0. The third kappa shape index (κ3) is 4.23. The van der Waals surface area contributed by atoms with Crippen molar-refractivity contribution in [2.24, 2.45) is 11.7 Å². The van der Waals surface area contributed by atoms with Gasteiger partial charge in [0.15, 0.2) is 0 Å². The van der Waals surface area contributed by atoms with Gasteiger partial charge in [-0.1, -0.05) is 18.2 Å². The van der Waals surface area contributed by atoms with Crippen molar-refractivity contribution in [1.29, 1.82) is 0 Å². The number of nitrogens with zero attached hydrogens (tertiary/aromatic N) is 1. The van der Waals surface area contributed by atoms with E-state index >= 15 is 0 Å². The fraction of sp³-hybridized carbons (Fsp3) is 0.571. The van der Waals surface area contributed by atoms with Crippen molar-refractivity contribution in [2.45, 2.75) is 25.8 Å². The molecule has 4 heteroatoms. The van der Waals surface area contributed by atoms with Crippen LogP contribution < -0.4 is 5.73 Å². The van der Waals surface area contributed by atoms with Crippen molar-refractivity contribution in [3.8, 4) is 0 Å². The van der Waals surface area contributed by atoms with Gasteiger partial charge >= 0.3 is 0 Å². The summed E-state index contributed by atoms with van der Waals surface area (Å²) in [6.07, 6.45) is 3.53. The average Bonchev–Trinajstić information content (AvgIpc) is 2.35. The Hall–Kier alpha value is -0.640. The highest BCUT2D eigenvalue weighted by Crippen LogP contribution is 2.21. The molecule has 18 heavy (non-hydrogen) atoms. The molecule has 0 aromatic heterocycles. The number of likely N-dealkylation sites (tertiary alicyclic amines) is 1. The Morgan fingerprint density at radius 3 is 2.50 bits per heavy atom. The number of hydrogen-bond acceptors (Lipinski definition) is 2. The van der Waals surface area contributed by atoms with Crippen molar-refractivity contribution in [2.75, 3.05) is 19.6 Å². The van der Waals surface area contributed by atoms with Gasteiger partial charge in [0.2, 0.25) is 0 Å². The van der Waals surface area contributed by atoms with Gasteiger partial charge in [0.25, 0.3) is 0 Å². The van der Waals surface area contributed by atoms with Crippen molar-refractivity contribution in [3.63, 3.8) is 0 Å². The number of halogens is 2. The summed E-state index contributed by atoms with van der Waals surface area (Å²) >= 11 is 0. The van der Waals surface area contributed by atoms with Crippen LogP contribution in [-0.2, 0) is 6.54 Å². The Balaban J connectivity index is 0.00000162. The van der Waals surface area contributed by atoms with Gasteiger partial charge in [-0.25, -0.2) is 4.39 Å². The second kappa shape index (κ2) is 7.72. The van der Waals surface area contributed by atoms with Crippen LogP contribution in [0.4, 0.5) is 4.39 Å². The van der Waals surface area contributed by atoms with Crippen LogP contribution in [0.5, 0.6) is 0 Å². The van der Waals surface area contributed by atoms with Gasteiger partial charge in [-0.05, 0) is 50.9 Å². The van der Waals surface area contributed by atoms with Gasteiger partial charge in [0, 0.05) is 12.1 Å². The van der Waals surface area contributed by atoms with Crippen LogP contribution in [-0.4, -0.2) is 24.5 Å². The summed E-state index contributed by atoms with van der Waals surface area (Å²) in [4.78, 5) is 2.34. The highest BCUT2D eigenvalue weighted by Gasteiger charge is 2.19. The molecule has 0 atom stereocenters. The predicted molar refractivity (Wildman–Crippen MR) is 75.3 cm³/mol. The van der Waals surface area contributed by atoms with Crippen LogP contribution in [0.3, 0.4) is 0 Å². The van der Waals surface area contributed by atoms with E-state index in [9.17, 15) is 4.39 Å². The molecule has 1 aliphatic rings. The second-order valence-corrected chi connectivity index (χ2v) is 4.89. The molecule has 1 saturated heterocycles. The number of rotatable bonds is 4. The number of nitrogens with two attached hydrogens (primary N) is 1. The molecule has 0 spiro atoms. The summed E-state index contributed by atoms with van der Waals surface area (Å²) < 4.78 is 13.5. The van der Waals surface area contributed by atoms with E-state index in [4.69, 9.17) is 5.73 Å². The van der Waals surface area contributed by atoms with Crippen LogP contribution >= 0.6 is 12.4 Å². The SMILES string of the molecule is Cl.NCCC1CCN(Cc2ccccc2F)CC1. The lowest BCUT2D eigenvalue weighted by molar-refractivity contribution is 0.172. The van der Waals surface area contributed by atoms with Crippen molar-refractivity contribution >= 4 is 12.4 Å². The first kappa shape index (κ1) is 15.4. The second-order valence-electron chi connectivity index (χ2n) is 4.89. The standard InChI is InChI=1S/C14H21FN2.ClH/c15-14-4-2-1-3-13(14)11-17-9-6-12(5-8-16)7-10-17;/h1-4,12H,5-11,16H2;1H. The van der Waals surface area contributed by atoms with Gasteiger partial charge in [-0.15, -0.1) is 12.4 Å². The van der Waals surface area contributed by atoms with Crippen LogP contribution in [0.2, 0.25) is 0 Å². The Kier molecular flexibility index (Phi) is 6.61. The van der Waals surface area contributed by atoms with E-state index in [0.717, 1.165) is 44.1 Å². The summed E-state index contributed by atoms with van der Waals surface area (Å²) in [5.74, 6) is 0.688. The van der Waals surface area contributed by atoms with Gasteiger partial charge < -0.3 is 5.73 Å². The summed E-state index contributed by atoms with van der Waals surface area (Å²) in [5.41, 5.74) is 6.38. The maximum atomic E-state index is 13.5. The third-order valence-electron chi connectivity index (χ3n) is 3.63. The zero-order chi connectivity index (χ0) is 12.1. The molecule has 0 saturated carbocycles. The van der Waals surface area contributed by atoms with Crippen molar-refractivity contribution < 1.29 is 4.39 Å². The zero-order valence-corrected chi connectivity index (χ0v) is 11.5. The quantitative estimate of drug-likeness (QED) is 0.913. The van der Waals surface area contributed by atoms with E-state index in [1.807, 2.05) is 12.1 Å². The lowest BCUT2D eigenvalue weighted by Crippen LogP contribution is -2.34. The lowest BCUT2D eigenvalue weighted by Gasteiger charge is -2.31. The Labute approximate surface area is 115 Å². The fourth-order valence-electron chi connectivity index (χ4n) is 2.54. The molecule has 0 amide bonds. The van der Waals surface area contributed by atoms with Crippen LogP contribution in [0, 0.1) is 11.7 Å². The maximum Gasteiger partial charge on any atom is 0.127 e. The minimum Gasteiger partial charge on any atom is -0.330 e. The molecule has 1 aliphatic heterocycles. The molecular formula is C14H22ClFN2. The number of hydrogen-bond donors (Lipinski definition) is 1. The Bertz CT molecular complexity index is 351. The van der Waals surface area contributed by atoms with Gasteiger partial charge in [0.05, 0.1) is 0 Å². The van der Waals surface area contributed by atoms with Crippen molar-refractivity contribution in [3.05, 3.63) is 35.6 Å². The normalized spacial score (nSPS) is 17.4. The van der Waals surface area contributed by atoms with Gasteiger partial charge in [-0.2, -0.15) is 0 Å². The first-order valence-electron chi connectivity index (χ1n) is 6.45. The predicted octanol–water partition coefficient (Wildman–Crippen LogP) is 2.81. The molecule has 0 bridgehead atoms. The monoisotopic (exact) mass is 272 g/mol. The van der Waals surface area contributed by atoms with E-state index in [-0.39, 0.29) is 18.2 Å². The maximum absolute atomic E-state index is 13.5. The molecule has 2 nitrogen and oxygen atoms in total. The molecule has 2 rings (SSSR count). The fourth-order valence-corrected chi connectivity index (χ4v) is 2.54. The smallest absolute Gasteiger partial charge is 0.127 e. The molecule has 2 N–H and O–H groups in total. The molecular weight excluding hydrogens is 251 g/mol. The van der Waals surface area contributed by atoms with E-state index < -0.39 is 0 Å². The van der Waals surface area contributed by atoms with Crippen LogP contribution in [0.1, 0.15) is 24.8 Å². The highest BCUT2D eigenvalue weighted by atomic mass is 35.5. The van der Waals surface area contributed by atoms with Gasteiger partial charge in [0.1, 0.15) is 5.82 Å². The minimum atomic E-state index is -0.0865.